The number of carbonyl (C=O) groups excluding carboxylic acids is 1. The maximum absolute atomic E-state index is 11.5. The highest BCUT2D eigenvalue weighted by atomic mass is 16.5. The summed E-state index contributed by atoms with van der Waals surface area (Å²) >= 11 is 0. The fraction of sp³-hybridized carbons (Fsp3) is 0. The van der Waals surface area contributed by atoms with Gasteiger partial charge in [0.15, 0.2) is 11.5 Å². The number of carbonyl (C=O) groups is 1. The molecule has 23 heavy (non-hydrogen) atoms. The molecule has 0 saturated heterocycles. The van der Waals surface area contributed by atoms with Crippen LogP contribution < -0.4 is 0 Å². The van der Waals surface area contributed by atoms with E-state index in [1.54, 1.807) is 0 Å². The van der Waals surface area contributed by atoms with Crippen LogP contribution in [0.25, 0.3) is 12.2 Å². The molecule has 0 aliphatic rings. The van der Waals surface area contributed by atoms with E-state index >= 15 is 0 Å². The highest BCUT2D eigenvalue weighted by Crippen LogP contribution is 2.25. The van der Waals surface area contributed by atoms with E-state index in [1.807, 2.05) is 0 Å². The van der Waals surface area contributed by atoms with Crippen LogP contribution in [-0.4, -0.2) is 26.4 Å². The van der Waals surface area contributed by atoms with Crippen molar-refractivity contribution in [3.8, 4) is 23.0 Å². The van der Waals surface area contributed by atoms with Crippen molar-refractivity contribution in [2.75, 3.05) is 0 Å². The first-order valence-electron chi connectivity index (χ1n) is 6.54. The number of esters is 1. The standard InChI is InChI=1S/C17H14O6/c18-13-7-12(8-14(19)10-13)5-6-23-17(22)4-2-11-1-3-15(20)16(21)9-11/h1-10,18-21H/b4-2+,6-5+. The fourth-order valence-electron chi connectivity index (χ4n) is 1.74. The highest BCUT2D eigenvalue weighted by molar-refractivity contribution is 5.87. The molecular formula is C17H14O6. The quantitative estimate of drug-likeness (QED) is 0.299. The van der Waals surface area contributed by atoms with Crippen molar-refractivity contribution in [1.82, 2.24) is 0 Å². The van der Waals surface area contributed by atoms with Crippen LogP contribution in [0.1, 0.15) is 11.1 Å². The molecule has 0 unspecified atom stereocenters. The molecule has 2 aromatic carbocycles. The first-order chi connectivity index (χ1) is 10.9. The van der Waals surface area contributed by atoms with Crippen molar-refractivity contribution < 1.29 is 30.0 Å². The van der Waals surface area contributed by atoms with Crippen LogP contribution in [0.5, 0.6) is 23.0 Å². The average molecular weight is 314 g/mol. The van der Waals surface area contributed by atoms with Gasteiger partial charge in [0.2, 0.25) is 0 Å². The van der Waals surface area contributed by atoms with Gasteiger partial charge < -0.3 is 25.2 Å². The number of benzene rings is 2. The third-order valence-corrected chi connectivity index (χ3v) is 2.78. The van der Waals surface area contributed by atoms with Gasteiger partial charge in [-0.05, 0) is 47.5 Å². The van der Waals surface area contributed by atoms with Gasteiger partial charge in [-0.2, -0.15) is 0 Å². The summed E-state index contributed by atoms with van der Waals surface area (Å²) < 4.78 is 4.82. The van der Waals surface area contributed by atoms with Crippen molar-refractivity contribution in [3.05, 3.63) is 59.9 Å². The lowest BCUT2D eigenvalue weighted by Crippen LogP contribution is -1.93. The van der Waals surface area contributed by atoms with Crippen molar-refractivity contribution in [2.24, 2.45) is 0 Å². The molecule has 0 radical (unpaired) electrons. The molecule has 2 aromatic rings. The summed E-state index contributed by atoms with van der Waals surface area (Å²) in [5.41, 5.74) is 0.974. The van der Waals surface area contributed by atoms with Crippen LogP contribution in [0.15, 0.2) is 48.7 Å². The van der Waals surface area contributed by atoms with Gasteiger partial charge in [-0.15, -0.1) is 0 Å². The van der Waals surface area contributed by atoms with E-state index < -0.39 is 5.97 Å². The Labute approximate surface area is 131 Å². The summed E-state index contributed by atoms with van der Waals surface area (Å²) in [5.74, 6) is -1.41. The zero-order valence-electron chi connectivity index (χ0n) is 11.9. The molecule has 0 saturated carbocycles. The number of phenolic OH excluding ortho intramolecular Hbond substituents is 4. The Morgan fingerprint density at radius 1 is 0.826 bits per heavy atom. The van der Waals surface area contributed by atoms with Crippen molar-refractivity contribution >= 4 is 18.1 Å². The lowest BCUT2D eigenvalue weighted by atomic mass is 10.2. The van der Waals surface area contributed by atoms with Gasteiger partial charge in [0.1, 0.15) is 11.5 Å². The van der Waals surface area contributed by atoms with Gasteiger partial charge in [-0.3, -0.25) is 0 Å². The maximum atomic E-state index is 11.5. The number of aromatic hydroxyl groups is 4. The third kappa shape index (κ3) is 4.82. The fourth-order valence-corrected chi connectivity index (χ4v) is 1.74. The average Bonchev–Trinajstić information content (AvgIpc) is 2.47. The molecule has 0 aliphatic heterocycles. The van der Waals surface area contributed by atoms with Crippen LogP contribution in [0.4, 0.5) is 0 Å². The Morgan fingerprint density at radius 2 is 1.52 bits per heavy atom. The number of hydrogen-bond donors (Lipinski definition) is 4. The Hall–Kier alpha value is -3.41. The van der Waals surface area contributed by atoms with Crippen molar-refractivity contribution in [1.29, 1.82) is 0 Å². The van der Waals surface area contributed by atoms with Crippen molar-refractivity contribution in [3.63, 3.8) is 0 Å². The molecule has 0 atom stereocenters. The first kappa shape index (κ1) is 16.0. The molecule has 0 heterocycles. The Bertz CT molecular complexity index is 756. The molecule has 118 valence electrons. The molecule has 6 heteroatoms. The largest absolute Gasteiger partial charge is 0.508 e. The van der Waals surface area contributed by atoms with E-state index in [9.17, 15) is 25.2 Å². The number of ether oxygens (including phenoxy) is 1. The topological polar surface area (TPSA) is 107 Å². The van der Waals surface area contributed by atoms with Crippen LogP contribution in [-0.2, 0) is 9.53 Å². The highest BCUT2D eigenvalue weighted by Gasteiger charge is 2.00. The second kappa shape index (κ2) is 7.04. The minimum Gasteiger partial charge on any atom is -0.508 e. The lowest BCUT2D eigenvalue weighted by molar-refractivity contribution is -0.132. The van der Waals surface area contributed by atoms with Gasteiger partial charge in [0.25, 0.3) is 0 Å². The molecule has 0 aliphatic carbocycles. The molecule has 0 bridgehead atoms. The van der Waals surface area contributed by atoms with Gasteiger partial charge in [-0.1, -0.05) is 6.07 Å². The minimum atomic E-state index is -0.654. The molecule has 0 spiro atoms. The van der Waals surface area contributed by atoms with Crippen molar-refractivity contribution in [2.45, 2.75) is 0 Å². The van der Waals surface area contributed by atoms with E-state index in [1.165, 1.54) is 48.6 Å². The Balaban J connectivity index is 1.95. The summed E-state index contributed by atoms with van der Waals surface area (Å²) in [6.45, 7) is 0. The molecular weight excluding hydrogens is 300 g/mol. The molecule has 2 rings (SSSR count). The maximum Gasteiger partial charge on any atom is 0.335 e. The summed E-state index contributed by atoms with van der Waals surface area (Å²) in [4.78, 5) is 11.5. The summed E-state index contributed by atoms with van der Waals surface area (Å²) in [6, 6.07) is 8.07. The predicted molar refractivity (Wildman–Crippen MR) is 83.7 cm³/mol. The van der Waals surface area contributed by atoms with Gasteiger partial charge in [0.05, 0.1) is 6.26 Å². The van der Waals surface area contributed by atoms with E-state index in [0.29, 0.717) is 11.1 Å². The van der Waals surface area contributed by atoms with Gasteiger partial charge >= 0.3 is 5.97 Å². The van der Waals surface area contributed by atoms with E-state index in [0.717, 1.165) is 12.3 Å². The molecule has 6 nitrogen and oxygen atoms in total. The summed E-state index contributed by atoms with van der Waals surface area (Å²) in [6.07, 6.45) is 5.08. The normalized spacial score (nSPS) is 11.1. The molecule has 0 fully saturated rings. The Morgan fingerprint density at radius 3 is 2.17 bits per heavy atom. The minimum absolute atomic E-state index is 0.108. The molecule has 4 N–H and O–H groups in total. The van der Waals surface area contributed by atoms with Crippen LogP contribution in [0, 0.1) is 0 Å². The zero-order valence-corrected chi connectivity index (χ0v) is 11.9. The van der Waals surface area contributed by atoms with E-state index in [-0.39, 0.29) is 23.0 Å². The number of hydrogen-bond acceptors (Lipinski definition) is 6. The number of rotatable bonds is 4. The Kier molecular flexibility index (Phi) is 4.89. The summed E-state index contributed by atoms with van der Waals surface area (Å²) in [5, 5.41) is 37.1. The SMILES string of the molecule is O=C(/C=C/c1ccc(O)c(O)c1)O/C=C/c1cc(O)cc(O)c1. The third-order valence-electron chi connectivity index (χ3n) is 2.78. The van der Waals surface area contributed by atoms with Crippen LogP contribution in [0.2, 0.25) is 0 Å². The predicted octanol–water partition coefficient (Wildman–Crippen LogP) is 2.74. The lowest BCUT2D eigenvalue weighted by Gasteiger charge is -1.99. The second-order valence-electron chi connectivity index (χ2n) is 4.60. The first-order valence-corrected chi connectivity index (χ1v) is 6.54. The molecule has 0 amide bonds. The van der Waals surface area contributed by atoms with Crippen LogP contribution in [0.3, 0.4) is 0 Å². The van der Waals surface area contributed by atoms with Crippen LogP contribution >= 0.6 is 0 Å². The second-order valence-corrected chi connectivity index (χ2v) is 4.60. The van der Waals surface area contributed by atoms with E-state index in [2.05, 4.69) is 0 Å². The van der Waals surface area contributed by atoms with Gasteiger partial charge in [-0.25, -0.2) is 4.79 Å². The van der Waals surface area contributed by atoms with Gasteiger partial charge in [0, 0.05) is 12.1 Å². The summed E-state index contributed by atoms with van der Waals surface area (Å²) in [7, 11) is 0. The van der Waals surface area contributed by atoms with E-state index in [4.69, 9.17) is 4.74 Å². The smallest absolute Gasteiger partial charge is 0.335 e. The zero-order chi connectivity index (χ0) is 16.8. The number of phenols is 4. The molecule has 0 aromatic heterocycles. The monoisotopic (exact) mass is 314 g/mol.